The van der Waals surface area contributed by atoms with E-state index < -0.39 is 0 Å². The van der Waals surface area contributed by atoms with Crippen LogP contribution in [0.25, 0.3) is 0 Å². The van der Waals surface area contributed by atoms with Crippen molar-refractivity contribution >= 4 is 35.0 Å². The summed E-state index contributed by atoms with van der Waals surface area (Å²) in [6, 6.07) is 12.4. The summed E-state index contributed by atoms with van der Waals surface area (Å²) in [5.74, 6) is 0.410. The minimum Gasteiger partial charge on any atom is -0.488 e. The number of piperazine rings is 1. The van der Waals surface area contributed by atoms with Crippen LogP contribution in [0.2, 0.25) is 10.0 Å². The molecule has 1 N–H and O–H groups in total. The fourth-order valence-electron chi connectivity index (χ4n) is 3.55. The summed E-state index contributed by atoms with van der Waals surface area (Å²) in [7, 11) is 1.64. The first-order chi connectivity index (χ1) is 16.0. The SMILES string of the molecule is COCCCNC(=O)CN1CCN(C(=O)c2ccccc2OCc2ccc(Cl)cc2Cl)CC1. The number of carbonyl (C=O) groups excluding carboxylic acids is 2. The third kappa shape index (κ3) is 7.61. The van der Waals surface area contributed by atoms with Crippen molar-refractivity contribution in [2.75, 3.05) is 53.0 Å². The number of methoxy groups -OCH3 is 1. The maximum Gasteiger partial charge on any atom is 0.257 e. The fourth-order valence-corrected chi connectivity index (χ4v) is 4.01. The summed E-state index contributed by atoms with van der Waals surface area (Å²) < 4.78 is 10.9. The van der Waals surface area contributed by atoms with Crippen LogP contribution >= 0.6 is 23.2 Å². The van der Waals surface area contributed by atoms with Crippen LogP contribution in [0.3, 0.4) is 0 Å². The summed E-state index contributed by atoms with van der Waals surface area (Å²) in [6.45, 7) is 4.16. The van der Waals surface area contributed by atoms with Gasteiger partial charge in [0.1, 0.15) is 12.4 Å². The highest BCUT2D eigenvalue weighted by Crippen LogP contribution is 2.25. The van der Waals surface area contributed by atoms with Gasteiger partial charge in [-0.15, -0.1) is 0 Å². The molecule has 178 valence electrons. The minimum absolute atomic E-state index is 0.00881. The molecule has 0 aromatic heterocycles. The second kappa shape index (κ2) is 12.8. The van der Waals surface area contributed by atoms with Gasteiger partial charge < -0.3 is 19.7 Å². The van der Waals surface area contributed by atoms with Gasteiger partial charge >= 0.3 is 0 Å². The molecule has 7 nitrogen and oxygen atoms in total. The van der Waals surface area contributed by atoms with Crippen molar-refractivity contribution in [3.05, 3.63) is 63.6 Å². The monoisotopic (exact) mass is 493 g/mol. The number of carbonyl (C=O) groups is 2. The number of rotatable bonds is 10. The maximum absolute atomic E-state index is 13.2. The van der Waals surface area contributed by atoms with Crippen LogP contribution in [0.4, 0.5) is 0 Å². The highest BCUT2D eigenvalue weighted by Gasteiger charge is 2.25. The van der Waals surface area contributed by atoms with E-state index in [1.807, 2.05) is 18.2 Å². The van der Waals surface area contributed by atoms with Gasteiger partial charge in [-0.2, -0.15) is 0 Å². The molecular weight excluding hydrogens is 465 g/mol. The summed E-state index contributed by atoms with van der Waals surface area (Å²) in [5, 5.41) is 3.97. The molecule has 2 aromatic carbocycles. The predicted molar refractivity (Wildman–Crippen MR) is 129 cm³/mol. The molecule has 1 saturated heterocycles. The van der Waals surface area contributed by atoms with E-state index in [-0.39, 0.29) is 18.4 Å². The minimum atomic E-state index is -0.0866. The van der Waals surface area contributed by atoms with Crippen LogP contribution in [-0.2, 0) is 16.1 Å². The zero-order chi connectivity index (χ0) is 23.6. The quantitative estimate of drug-likeness (QED) is 0.513. The summed E-state index contributed by atoms with van der Waals surface area (Å²) in [4.78, 5) is 29.1. The second-order valence-electron chi connectivity index (χ2n) is 7.79. The molecule has 1 fully saturated rings. The van der Waals surface area contributed by atoms with Crippen molar-refractivity contribution in [3.8, 4) is 5.75 Å². The Kier molecular flexibility index (Phi) is 9.81. The topological polar surface area (TPSA) is 71.1 Å². The van der Waals surface area contributed by atoms with Crippen molar-refractivity contribution in [3.63, 3.8) is 0 Å². The Balaban J connectivity index is 1.52. The third-order valence-corrected chi connectivity index (χ3v) is 5.98. The second-order valence-corrected chi connectivity index (χ2v) is 8.63. The highest BCUT2D eigenvalue weighted by molar-refractivity contribution is 6.35. The van der Waals surface area contributed by atoms with Crippen LogP contribution in [0, 0.1) is 0 Å². The lowest BCUT2D eigenvalue weighted by Crippen LogP contribution is -2.51. The molecule has 0 atom stereocenters. The summed E-state index contributed by atoms with van der Waals surface area (Å²) in [6.07, 6.45) is 0.788. The molecule has 1 aliphatic heterocycles. The zero-order valence-electron chi connectivity index (χ0n) is 18.7. The van der Waals surface area contributed by atoms with Crippen molar-refractivity contribution in [2.45, 2.75) is 13.0 Å². The predicted octanol–water partition coefficient (Wildman–Crippen LogP) is 3.48. The smallest absolute Gasteiger partial charge is 0.257 e. The fraction of sp³-hybridized carbons (Fsp3) is 0.417. The number of hydrogen-bond acceptors (Lipinski definition) is 5. The van der Waals surface area contributed by atoms with Gasteiger partial charge in [-0.1, -0.05) is 41.4 Å². The molecule has 33 heavy (non-hydrogen) atoms. The molecule has 1 heterocycles. The lowest BCUT2D eigenvalue weighted by Gasteiger charge is -2.34. The molecule has 0 radical (unpaired) electrons. The molecule has 2 aromatic rings. The Morgan fingerprint density at radius 1 is 1.06 bits per heavy atom. The van der Waals surface area contributed by atoms with Gasteiger partial charge in [0, 0.05) is 62.0 Å². The van der Waals surface area contributed by atoms with Gasteiger partial charge in [0.05, 0.1) is 12.1 Å². The van der Waals surface area contributed by atoms with E-state index in [1.165, 1.54) is 0 Å². The van der Waals surface area contributed by atoms with Crippen molar-refractivity contribution in [1.29, 1.82) is 0 Å². The molecule has 1 aliphatic rings. The lowest BCUT2D eigenvalue weighted by atomic mass is 10.1. The standard InChI is InChI=1S/C24H29Cl2N3O4/c1-32-14-4-9-27-23(30)16-28-10-12-29(13-11-28)24(31)20-5-2-3-6-22(20)33-17-18-7-8-19(25)15-21(18)26/h2-3,5-8,15H,4,9-14,16-17H2,1H3,(H,27,30). The first-order valence-electron chi connectivity index (χ1n) is 10.9. The van der Waals surface area contributed by atoms with E-state index in [0.717, 1.165) is 12.0 Å². The van der Waals surface area contributed by atoms with Gasteiger partial charge in [-0.3, -0.25) is 14.5 Å². The first-order valence-corrected chi connectivity index (χ1v) is 11.7. The largest absolute Gasteiger partial charge is 0.488 e. The van der Waals surface area contributed by atoms with Crippen LogP contribution in [0.5, 0.6) is 5.75 Å². The molecule has 3 rings (SSSR count). The van der Waals surface area contributed by atoms with Gasteiger partial charge in [0.15, 0.2) is 0 Å². The Morgan fingerprint density at radius 2 is 1.82 bits per heavy atom. The summed E-state index contributed by atoms with van der Waals surface area (Å²) >= 11 is 12.2. The molecule has 2 amide bonds. The average Bonchev–Trinajstić information content (AvgIpc) is 2.81. The van der Waals surface area contributed by atoms with Crippen LogP contribution in [0.1, 0.15) is 22.3 Å². The lowest BCUT2D eigenvalue weighted by molar-refractivity contribution is -0.122. The van der Waals surface area contributed by atoms with Crippen molar-refractivity contribution < 1.29 is 19.1 Å². The molecule has 0 saturated carbocycles. The maximum atomic E-state index is 13.2. The van der Waals surface area contributed by atoms with Gasteiger partial charge in [-0.05, 0) is 30.7 Å². The summed E-state index contributed by atoms with van der Waals surface area (Å²) in [5.41, 5.74) is 1.30. The van der Waals surface area contributed by atoms with Crippen LogP contribution in [0.15, 0.2) is 42.5 Å². The average molecular weight is 494 g/mol. The number of hydrogen-bond donors (Lipinski definition) is 1. The molecular formula is C24H29Cl2N3O4. The number of amides is 2. The molecule has 0 aliphatic carbocycles. The number of nitrogens with one attached hydrogen (secondary N) is 1. The van der Waals surface area contributed by atoms with Gasteiger partial charge in [0.2, 0.25) is 5.91 Å². The Hall–Kier alpha value is -2.32. The molecule has 0 spiro atoms. The van der Waals surface area contributed by atoms with E-state index in [0.29, 0.717) is 67.2 Å². The Morgan fingerprint density at radius 3 is 2.55 bits per heavy atom. The molecule has 0 unspecified atom stereocenters. The van der Waals surface area contributed by atoms with Crippen LogP contribution < -0.4 is 10.1 Å². The molecule has 0 bridgehead atoms. The number of nitrogens with zero attached hydrogens (tertiary/aromatic N) is 2. The third-order valence-electron chi connectivity index (χ3n) is 5.39. The molecule has 9 heteroatoms. The number of benzene rings is 2. The zero-order valence-corrected chi connectivity index (χ0v) is 20.2. The van der Waals surface area contributed by atoms with E-state index >= 15 is 0 Å². The van der Waals surface area contributed by atoms with E-state index in [1.54, 1.807) is 36.3 Å². The normalized spacial score (nSPS) is 14.2. The van der Waals surface area contributed by atoms with E-state index in [2.05, 4.69) is 10.2 Å². The Labute approximate surface area is 204 Å². The van der Waals surface area contributed by atoms with Crippen molar-refractivity contribution in [2.24, 2.45) is 0 Å². The first kappa shape index (κ1) is 25.3. The van der Waals surface area contributed by atoms with Crippen LogP contribution in [-0.4, -0.2) is 74.6 Å². The highest BCUT2D eigenvalue weighted by atomic mass is 35.5. The Bertz CT molecular complexity index is 949. The van der Waals surface area contributed by atoms with E-state index in [4.69, 9.17) is 32.7 Å². The number of halogens is 2. The van der Waals surface area contributed by atoms with E-state index in [9.17, 15) is 9.59 Å². The number of para-hydroxylation sites is 1. The van der Waals surface area contributed by atoms with Crippen molar-refractivity contribution in [1.82, 2.24) is 15.1 Å². The van der Waals surface area contributed by atoms with Gasteiger partial charge in [0.25, 0.3) is 5.91 Å². The van der Waals surface area contributed by atoms with Gasteiger partial charge in [-0.25, -0.2) is 0 Å². The number of ether oxygens (including phenoxy) is 2.